The molecule has 1 aromatic carbocycles. The number of anilines is 1. The van der Waals surface area contributed by atoms with Crippen LogP contribution in [0.3, 0.4) is 0 Å². The SMILES string of the molecule is O=C(C1CCCC1)N(C[C@@H]1CCCO1)c1nc(-c2ccc(Br)cc2)cs1. The van der Waals surface area contributed by atoms with E-state index in [1.54, 1.807) is 11.3 Å². The summed E-state index contributed by atoms with van der Waals surface area (Å²) >= 11 is 5.02. The van der Waals surface area contributed by atoms with E-state index >= 15 is 0 Å². The van der Waals surface area contributed by atoms with Crippen LogP contribution in [0, 0.1) is 5.92 Å². The minimum atomic E-state index is 0.139. The van der Waals surface area contributed by atoms with Crippen LogP contribution >= 0.6 is 27.3 Å². The Hall–Kier alpha value is -1.24. The molecule has 26 heavy (non-hydrogen) atoms. The minimum absolute atomic E-state index is 0.139. The molecule has 1 aliphatic heterocycles. The molecule has 2 heterocycles. The Morgan fingerprint density at radius 3 is 2.65 bits per heavy atom. The summed E-state index contributed by atoms with van der Waals surface area (Å²) in [6.07, 6.45) is 6.58. The van der Waals surface area contributed by atoms with Crippen molar-refractivity contribution < 1.29 is 9.53 Å². The van der Waals surface area contributed by atoms with E-state index in [0.29, 0.717) is 6.54 Å². The summed E-state index contributed by atoms with van der Waals surface area (Å²) in [5, 5.41) is 2.85. The van der Waals surface area contributed by atoms with E-state index in [1.165, 1.54) is 0 Å². The highest BCUT2D eigenvalue weighted by Gasteiger charge is 2.32. The van der Waals surface area contributed by atoms with Crippen LogP contribution < -0.4 is 4.90 Å². The zero-order valence-electron chi connectivity index (χ0n) is 14.7. The Morgan fingerprint density at radius 2 is 1.96 bits per heavy atom. The van der Waals surface area contributed by atoms with Gasteiger partial charge >= 0.3 is 0 Å². The third-order valence-corrected chi connectivity index (χ3v) is 6.64. The second-order valence-corrected chi connectivity index (χ2v) is 8.84. The molecule has 1 saturated heterocycles. The summed E-state index contributed by atoms with van der Waals surface area (Å²) in [6.45, 7) is 1.43. The van der Waals surface area contributed by atoms with Crippen LogP contribution in [0.2, 0.25) is 0 Å². The first-order valence-corrected chi connectivity index (χ1v) is 11.0. The lowest BCUT2D eigenvalue weighted by molar-refractivity contribution is -0.122. The molecule has 0 spiro atoms. The molecular formula is C20H23BrN2O2S. The van der Waals surface area contributed by atoms with Crippen molar-refractivity contribution in [1.29, 1.82) is 0 Å². The predicted octanol–water partition coefficient (Wildman–Crippen LogP) is 5.27. The third kappa shape index (κ3) is 4.02. The third-order valence-electron chi connectivity index (χ3n) is 5.24. The number of amides is 1. The highest BCUT2D eigenvalue weighted by Crippen LogP contribution is 2.33. The second-order valence-electron chi connectivity index (χ2n) is 7.09. The quantitative estimate of drug-likeness (QED) is 0.642. The van der Waals surface area contributed by atoms with Crippen molar-refractivity contribution in [3.63, 3.8) is 0 Å². The molecule has 2 aliphatic rings. The summed E-state index contributed by atoms with van der Waals surface area (Å²) in [5.41, 5.74) is 2.00. The minimum Gasteiger partial charge on any atom is -0.376 e. The number of carbonyl (C=O) groups excluding carboxylic acids is 1. The number of nitrogens with zero attached hydrogens (tertiary/aromatic N) is 2. The molecule has 6 heteroatoms. The molecule has 1 atom stereocenters. The summed E-state index contributed by atoms with van der Waals surface area (Å²) in [6, 6.07) is 8.13. The molecule has 0 N–H and O–H groups in total. The fourth-order valence-electron chi connectivity index (χ4n) is 3.79. The average Bonchev–Trinajstić information content (AvgIpc) is 3.42. The zero-order chi connectivity index (χ0) is 17.9. The molecule has 0 unspecified atom stereocenters. The van der Waals surface area contributed by atoms with Gasteiger partial charge in [0.15, 0.2) is 5.13 Å². The number of halogens is 1. The van der Waals surface area contributed by atoms with Crippen molar-refractivity contribution in [3.05, 3.63) is 34.1 Å². The van der Waals surface area contributed by atoms with Gasteiger partial charge in [-0.15, -0.1) is 11.3 Å². The van der Waals surface area contributed by atoms with Crippen molar-refractivity contribution in [2.45, 2.75) is 44.6 Å². The fraction of sp³-hybridized carbons (Fsp3) is 0.500. The lowest BCUT2D eigenvalue weighted by Crippen LogP contribution is -2.40. The maximum Gasteiger partial charge on any atom is 0.231 e. The number of aromatic nitrogens is 1. The first-order valence-electron chi connectivity index (χ1n) is 9.35. The van der Waals surface area contributed by atoms with Crippen molar-refractivity contribution in [1.82, 2.24) is 4.98 Å². The molecule has 1 aliphatic carbocycles. The van der Waals surface area contributed by atoms with Crippen molar-refractivity contribution in [2.24, 2.45) is 5.92 Å². The molecule has 1 amide bonds. The lowest BCUT2D eigenvalue weighted by Gasteiger charge is -2.25. The topological polar surface area (TPSA) is 42.4 Å². The van der Waals surface area contributed by atoms with Crippen LogP contribution in [0.15, 0.2) is 34.1 Å². The van der Waals surface area contributed by atoms with Crippen LogP contribution in [-0.2, 0) is 9.53 Å². The smallest absolute Gasteiger partial charge is 0.231 e. The summed E-state index contributed by atoms with van der Waals surface area (Å²) < 4.78 is 6.85. The van der Waals surface area contributed by atoms with E-state index in [1.807, 2.05) is 34.5 Å². The van der Waals surface area contributed by atoms with Crippen molar-refractivity contribution >= 4 is 38.3 Å². The largest absolute Gasteiger partial charge is 0.376 e. The Labute approximate surface area is 166 Å². The fourth-order valence-corrected chi connectivity index (χ4v) is 4.90. The number of hydrogen-bond acceptors (Lipinski definition) is 4. The zero-order valence-corrected chi connectivity index (χ0v) is 17.1. The van der Waals surface area contributed by atoms with Crippen LogP contribution in [0.25, 0.3) is 11.3 Å². The highest BCUT2D eigenvalue weighted by molar-refractivity contribution is 9.10. The highest BCUT2D eigenvalue weighted by atomic mass is 79.9. The number of hydrogen-bond donors (Lipinski definition) is 0. The van der Waals surface area contributed by atoms with Crippen LogP contribution in [0.1, 0.15) is 38.5 Å². The maximum atomic E-state index is 13.2. The molecule has 4 rings (SSSR count). The van der Waals surface area contributed by atoms with Gasteiger partial charge < -0.3 is 4.74 Å². The molecule has 1 saturated carbocycles. The Bertz CT molecular complexity index is 749. The predicted molar refractivity (Wildman–Crippen MR) is 109 cm³/mol. The maximum absolute atomic E-state index is 13.2. The van der Waals surface area contributed by atoms with Crippen LogP contribution in [0.4, 0.5) is 5.13 Å². The van der Waals surface area contributed by atoms with Crippen LogP contribution in [-0.4, -0.2) is 30.1 Å². The van der Waals surface area contributed by atoms with Gasteiger partial charge in [0.2, 0.25) is 5.91 Å². The number of carbonyl (C=O) groups is 1. The first-order chi connectivity index (χ1) is 12.7. The first kappa shape index (κ1) is 18.1. The van der Waals surface area contributed by atoms with E-state index in [9.17, 15) is 4.79 Å². The monoisotopic (exact) mass is 434 g/mol. The molecule has 2 fully saturated rings. The van der Waals surface area contributed by atoms with Gasteiger partial charge in [0.25, 0.3) is 0 Å². The summed E-state index contributed by atoms with van der Waals surface area (Å²) in [7, 11) is 0. The van der Waals surface area contributed by atoms with Gasteiger partial charge in [0.05, 0.1) is 18.3 Å². The molecule has 0 bridgehead atoms. The lowest BCUT2D eigenvalue weighted by atomic mass is 10.1. The molecule has 4 nitrogen and oxygen atoms in total. The Morgan fingerprint density at radius 1 is 1.19 bits per heavy atom. The number of thiazole rings is 1. The van der Waals surface area contributed by atoms with Gasteiger partial charge in [-0.05, 0) is 37.8 Å². The van der Waals surface area contributed by atoms with E-state index in [-0.39, 0.29) is 17.9 Å². The Kier molecular flexibility index (Phi) is 5.72. The van der Waals surface area contributed by atoms with Crippen molar-refractivity contribution in [3.8, 4) is 11.3 Å². The molecule has 1 aromatic heterocycles. The van der Waals surface area contributed by atoms with E-state index in [2.05, 4.69) is 15.9 Å². The second kappa shape index (κ2) is 8.19. The normalized spacial score (nSPS) is 20.6. The van der Waals surface area contributed by atoms with E-state index in [0.717, 1.165) is 66.0 Å². The molecule has 2 aromatic rings. The van der Waals surface area contributed by atoms with E-state index < -0.39 is 0 Å². The number of ether oxygens (including phenoxy) is 1. The number of rotatable bonds is 5. The van der Waals surface area contributed by atoms with Gasteiger partial charge in [-0.3, -0.25) is 9.69 Å². The van der Waals surface area contributed by atoms with Gasteiger partial charge in [-0.2, -0.15) is 0 Å². The molecule has 0 radical (unpaired) electrons. The Balaban J connectivity index is 1.58. The van der Waals surface area contributed by atoms with Gasteiger partial charge in [-0.25, -0.2) is 4.98 Å². The molecular weight excluding hydrogens is 412 g/mol. The van der Waals surface area contributed by atoms with Crippen LogP contribution in [0.5, 0.6) is 0 Å². The standard InChI is InChI=1S/C20H23BrN2O2S/c21-16-9-7-14(8-10-16)18-13-26-20(22-18)23(12-17-6-3-11-25-17)19(24)15-4-1-2-5-15/h7-10,13,15,17H,1-6,11-12H2/t17-/m0/s1. The van der Waals surface area contributed by atoms with Gasteiger partial charge in [0.1, 0.15) is 0 Å². The van der Waals surface area contributed by atoms with Crippen molar-refractivity contribution in [2.75, 3.05) is 18.1 Å². The van der Waals surface area contributed by atoms with Gasteiger partial charge in [-0.1, -0.05) is 40.9 Å². The summed E-state index contributed by atoms with van der Waals surface area (Å²) in [5.74, 6) is 0.381. The van der Waals surface area contributed by atoms with Gasteiger partial charge in [0, 0.05) is 27.9 Å². The number of benzene rings is 1. The molecule has 138 valence electrons. The van der Waals surface area contributed by atoms with E-state index in [4.69, 9.17) is 9.72 Å². The average molecular weight is 435 g/mol. The summed E-state index contributed by atoms with van der Waals surface area (Å²) in [4.78, 5) is 19.9.